The van der Waals surface area contributed by atoms with Crippen molar-refractivity contribution in [3.63, 3.8) is 0 Å². The zero-order chi connectivity index (χ0) is 22.4. The standard InChI is InChI=1S/C24H24N6OS/c1-24(2,20-8-4-3-5-9-20)21-28-29-22(32-21)27-23(31)30(16-18-10-13-25-14-11-18)17-19-7-6-12-26-15-19/h3-15H,16-17H2,1-2H3,(H,27,29,31). The SMILES string of the molecule is CC(C)(c1ccccc1)c1nnc(NC(=O)N(Cc2ccncc2)Cc2cccnc2)s1. The number of rotatable bonds is 7. The van der Waals surface area contributed by atoms with Crippen LogP contribution < -0.4 is 5.32 Å². The van der Waals surface area contributed by atoms with Crippen molar-refractivity contribution in [2.24, 2.45) is 0 Å². The first-order valence-electron chi connectivity index (χ1n) is 10.3. The smallest absolute Gasteiger partial charge is 0.316 e. The Morgan fingerprint density at radius 3 is 2.38 bits per heavy atom. The average Bonchev–Trinajstić information content (AvgIpc) is 3.30. The topological polar surface area (TPSA) is 83.9 Å². The Morgan fingerprint density at radius 2 is 1.66 bits per heavy atom. The quantitative estimate of drug-likeness (QED) is 0.439. The molecule has 2 amide bonds. The molecule has 32 heavy (non-hydrogen) atoms. The molecule has 7 nitrogen and oxygen atoms in total. The Balaban J connectivity index is 1.52. The van der Waals surface area contributed by atoms with Gasteiger partial charge < -0.3 is 4.90 Å². The van der Waals surface area contributed by atoms with Gasteiger partial charge in [-0.05, 0) is 48.7 Å². The third-order valence-corrected chi connectivity index (χ3v) is 6.34. The number of nitrogens with zero attached hydrogens (tertiary/aromatic N) is 5. The van der Waals surface area contributed by atoms with Gasteiger partial charge in [-0.2, -0.15) is 0 Å². The van der Waals surface area contributed by atoms with Crippen molar-refractivity contribution < 1.29 is 4.79 Å². The lowest BCUT2D eigenvalue weighted by Gasteiger charge is -2.23. The number of urea groups is 1. The van der Waals surface area contributed by atoms with E-state index in [4.69, 9.17) is 0 Å². The molecule has 0 spiro atoms. The van der Waals surface area contributed by atoms with Crippen molar-refractivity contribution in [1.29, 1.82) is 0 Å². The Morgan fingerprint density at radius 1 is 0.906 bits per heavy atom. The predicted octanol–water partition coefficient (Wildman–Crippen LogP) is 4.89. The maximum absolute atomic E-state index is 13.2. The summed E-state index contributed by atoms with van der Waals surface area (Å²) in [6, 6.07) is 17.5. The molecule has 0 unspecified atom stereocenters. The molecular weight excluding hydrogens is 420 g/mol. The monoisotopic (exact) mass is 444 g/mol. The summed E-state index contributed by atoms with van der Waals surface area (Å²) in [5.74, 6) is 0. The number of carbonyl (C=O) groups is 1. The molecule has 1 N–H and O–H groups in total. The zero-order valence-corrected chi connectivity index (χ0v) is 18.8. The summed E-state index contributed by atoms with van der Waals surface area (Å²) >= 11 is 1.39. The maximum Gasteiger partial charge on any atom is 0.324 e. The molecule has 8 heteroatoms. The van der Waals surface area contributed by atoms with Crippen LogP contribution in [0.4, 0.5) is 9.93 Å². The number of benzene rings is 1. The van der Waals surface area contributed by atoms with Gasteiger partial charge in [0.1, 0.15) is 5.01 Å². The predicted molar refractivity (Wildman–Crippen MR) is 125 cm³/mol. The van der Waals surface area contributed by atoms with E-state index < -0.39 is 0 Å². The number of aromatic nitrogens is 4. The molecule has 0 bridgehead atoms. The Hall–Kier alpha value is -3.65. The van der Waals surface area contributed by atoms with Crippen LogP contribution in [0.3, 0.4) is 0 Å². The van der Waals surface area contributed by atoms with Crippen molar-refractivity contribution in [3.05, 3.63) is 101 Å². The lowest BCUT2D eigenvalue weighted by molar-refractivity contribution is 0.206. The maximum atomic E-state index is 13.2. The van der Waals surface area contributed by atoms with Crippen molar-refractivity contribution in [2.75, 3.05) is 5.32 Å². The van der Waals surface area contributed by atoms with Gasteiger partial charge in [0.25, 0.3) is 0 Å². The first kappa shape index (κ1) is 21.6. The summed E-state index contributed by atoms with van der Waals surface area (Å²) in [5, 5.41) is 12.8. The second kappa shape index (κ2) is 9.65. The molecule has 0 aliphatic heterocycles. The van der Waals surface area contributed by atoms with Gasteiger partial charge in [-0.3, -0.25) is 15.3 Å². The number of amides is 2. The normalized spacial score (nSPS) is 11.2. The van der Waals surface area contributed by atoms with Crippen LogP contribution in [-0.4, -0.2) is 31.1 Å². The largest absolute Gasteiger partial charge is 0.324 e. The van der Waals surface area contributed by atoms with E-state index in [0.29, 0.717) is 18.2 Å². The molecule has 1 aromatic carbocycles. The van der Waals surface area contributed by atoms with Gasteiger partial charge in [0, 0.05) is 43.3 Å². The lowest BCUT2D eigenvalue weighted by atomic mass is 9.85. The van der Waals surface area contributed by atoms with Crippen LogP contribution in [0.5, 0.6) is 0 Å². The fourth-order valence-electron chi connectivity index (χ4n) is 3.30. The minimum Gasteiger partial charge on any atom is -0.316 e. The van der Waals surface area contributed by atoms with E-state index in [2.05, 4.69) is 51.5 Å². The Labute approximate surface area is 191 Å². The van der Waals surface area contributed by atoms with Crippen molar-refractivity contribution in [1.82, 2.24) is 25.1 Å². The molecule has 0 radical (unpaired) electrons. The number of pyridine rings is 2. The minimum absolute atomic E-state index is 0.245. The summed E-state index contributed by atoms with van der Waals surface area (Å²) < 4.78 is 0. The first-order valence-corrected chi connectivity index (χ1v) is 11.1. The molecule has 4 rings (SSSR count). The Bertz CT molecular complexity index is 1110. The minimum atomic E-state index is -0.311. The van der Waals surface area contributed by atoms with Crippen LogP contribution in [0.1, 0.15) is 35.5 Å². The van der Waals surface area contributed by atoms with E-state index in [9.17, 15) is 4.79 Å². The molecule has 4 aromatic rings. The van der Waals surface area contributed by atoms with Crippen molar-refractivity contribution in [3.8, 4) is 0 Å². The van der Waals surface area contributed by atoms with E-state index in [1.54, 1.807) is 29.7 Å². The summed E-state index contributed by atoms with van der Waals surface area (Å²) in [5.41, 5.74) is 2.76. The second-order valence-corrected chi connectivity index (χ2v) is 8.88. The first-order chi connectivity index (χ1) is 15.5. The Kier molecular flexibility index (Phi) is 6.51. The molecule has 162 valence electrons. The van der Waals surface area contributed by atoms with Gasteiger partial charge in [-0.1, -0.05) is 47.7 Å². The molecule has 0 atom stereocenters. The van der Waals surface area contributed by atoms with Crippen LogP contribution in [0.15, 0.2) is 79.4 Å². The van der Waals surface area contributed by atoms with Crippen molar-refractivity contribution in [2.45, 2.75) is 32.4 Å². The zero-order valence-electron chi connectivity index (χ0n) is 18.0. The molecule has 0 saturated heterocycles. The van der Waals surface area contributed by atoms with Crippen LogP contribution in [0.25, 0.3) is 0 Å². The number of hydrogen-bond donors (Lipinski definition) is 1. The lowest BCUT2D eigenvalue weighted by Crippen LogP contribution is -2.34. The number of hydrogen-bond acceptors (Lipinski definition) is 6. The molecule has 0 aliphatic carbocycles. The van der Waals surface area contributed by atoms with Gasteiger partial charge in [0.15, 0.2) is 0 Å². The average molecular weight is 445 g/mol. The van der Waals surface area contributed by atoms with Gasteiger partial charge in [0.2, 0.25) is 5.13 Å². The van der Waals surface area contributed by atoms with Crippen LogP contribution in [0.2, 0.25) is 0 Å². The third kappa shape index (κ3) is 5.15. The highest BCUT2D eigenvalue weighted by atomic mass is 32.1. The molecule has 0 fully saturated rings. The van der Waals surface area contributed by atoms with Gasteiger partial charge in [0.05, 0.1) is 0 Å². The van der Waals surface area contributed by atoms with Crippen LogP contribution in [0, 0.1) is 0 Å². The van der Waals surface area contributed by atoms with E-state index in [-0.39, 0.29) is 11.4 Å². The van der Waals surface area contributed by atoms with Crippen LogP contribution >= 0.6 is 11.3 Å². The van der Waals surface area contributed by atoms with E-state index >= 15 is 0 Å². The van der Waals surface area contributed by atoms with E-state index in [1.165, 1.54) is 11.3 Å². The van der Waals surface area contributed by atoms with Gasteiger partial charge in [-0.15, -0.1) is 10.2 Å². The third-order valence-electron chi connectivity index (χ3n) is 5.18. The molecule has 3 heterocycles. The number of nitrogens with one attached hydrogen (secondary N) is 1. The number of anilines is 1. The van der Waals surface area contributed by atoms with Crippen molar-refractivity contribution >= 4 is 22.5 Å². The number of carbonyl (C=O) groups excluding carboxylic acids is 1. The summed E-state index contributed by atoms with van der Waals surface area (Å²) in [4.78, 5) is 23.1. The van der Waals surface area contributed by atoms with E-state index in [1.807, 2.05) is 42.5 Å². The van der Waals surface area contributed by atoms with Crippen LogP contribution in [-0.2, 0) is 18.5 Å². The fraction of sp³-hybridized carbons (Fsp3) is 0.208. The second-order valence-electron chi connectivity index (χ2n) is 7.91. The summed E-state index contributed by atoms with van der Waals surface area (Å²) in [7, 11) is 0. The molecule has 0 saturated carbocycles. The van der Waals surface area contributed by atoms with Gasteiger partial charge in [-0.25, -0.2) is 4.79 Å². The highest BCUT2D eigenvalue weighted by Crippen LogP contribution is 2.34. The summed E-state index contributed by atoms with van der Waals surface area (Å²) in [6.45, 7) is 5.06. The van der Waals surface area contributed by atoms with E-state index in [0.717, 1.165) is 21.7 Å². The molecule has 0 aliphatic rings. The van der Waals surface area contributed by atoms with Gasteiger partial charge >= 0.3 is 6.03 Å². The summed E-state index contributed by atoms with van der Waals surface area (Å²) in [6.07, 6.45) is 6.92. The highest BCUT2D eigenvalue weighted by Gasteiger charge is 2.28. The molecule has 3 aromatic heterocycles. The fourth-order valence-corrected chi connectivity index (χ4v) is 4.15. The highest BCUT2D eigenvalue weighted by molar-refractivity contribution is 7.15. The molecular formula is C24H24N6OS.